The van der Waals surface area contributed by atoms with Crippen molar-refractivity contribution in [2.45, 2.75) is 46.0 Å². The number of hydrogen-bond donors (Lipinski definition) is 0. The summed E-state index contributed by atoms with van der Waals surface area (Å²) in [7, 11) is 0. The minimum Gasteiger partial charge on any atom is -0.465 e. The van der Waals surface area contributed by atoms with Crippen molar-refractivity contribution in [3.8, 4) is 5.75 Å². The van der Waals surface area contributed by atoms with E-state index in [4.69, 9.17) is 9.47 Å². The van der Waals surface area contributed by atoms with Gasteiger partial charge in [-0.15, -0.1) is 0 Å². The van der Waals surface area contributed by atoms with Gasteiger partial charge in [0.15, 0.2) is 6.29 Å². The highest BCUT2D eigenvalue weighted by Gasteiger charge is 2.06. The van der Waals surface area contributed by atoms with Crippen LogP contribution in [0.3, 0.4) is 0 Å². The zero-order chi connectivity index (χ0) is 15.1. The first-order valence-electron chi connectivity index (χ1n) is 7.61. The van der Waals surface area contributed by atoms with E-state index in [1.165, 1.54) is 5.56 Å². The zero-order valence-electron chi connectivity index (χ0n) is 13.1. The summed E-state index contributed by atoms with van der Waals surface area (Å²) in [6.45, 7) is 6.93. The molecule has 0 saturated carbocycles. The average molecular weight is 284 g/mol. The van der Waals surface area contributed by atoms with Crippen LogP contribution in [-0.2, 0) is 11.3 Å². The van der Waals surface area contributed by atoms with Crippen molar-refractivity contribution in [3.05, 3.63) is 65.7 Å². The predicted octanol–water partition coefficient (Wildman–Crippen LogP) is 5.14. The Hall–Kier alpha value is -1.80. The SMILES string of the molecule is CC[C@H](C)c1ccc(OC(C)OCc2ccccc2)cc1. The maximum Gasteiger partial charge on any atom is 0.197 e. The van der Waals surface area contributed by atoms with Crippen molar-refractivity contribution in [1.29, 1.82) is 0 Å². The van der Waals surface area contributed by atoms with E-state index in [9.17, 15) is 0 Å². The van der Waals surface area contributed by atoms with Crippen molar-refractivity contribution in [2.75, 3.05) is 0 Å². The molecule has 2 atom stereocenters. The zero-order valence-corrected chi connectivity index (χ0v) is 13.1. The van der Waals surface area contributed by atoms with Crippen LogP contribution in [0.15, 0.2) is 54.6 Å². The lowest BCUT2D eigenvalue weighted by molar-refractivity contribution is -0.0759. The van der Waals surface area contributed by atoms with E-state index in [-0.39, 0.29) is 6.29 Å². The largest absolute Gasteiger partial charge is 0.465 e. The molecule has 2 aromatic carbocycles. The summed E-state index contributed by atoms with van der Waals surface area (Å²) in [5.41, 5.74) is 2.50. The summed E-state index contributed by atoms with van der Waals surface area (Å²) in [4.78, 5) is 0. The molecule has 0 bridgehead atoms. The summed E-state index contributed by atoms with van der Waals surface area (Å²) in [6.07, 6.45) is 0.885. The molecule has 0 radical (unpaired) electrons. The minimum atomic E-state index is -0.264. The highest BCUT2D eigenvalue weighted by molar-refractivity contribution is 5.29. The molecule has 0 spiro atoms. The van der Waals surface area contributed by atoms with Crippen LogP contribution in [0.4, 0.5) is 0 Å². The molecule has 21 heavy (non-hydrogen) atoms. The monoisotopic (exact) mass is 284 g/mol. The van der Waals surface area contributed by atoms with Crippen LogP contribution in [0.1, 0.15) is 44.2 Å². The molecule has 2 nitrogen and oxygen atoms in total. The van der Waals surface area contributed by atoms with E-state index in [0.29, 0.717) is 12.5 Å². The van der Waals surface area contributed by atoms with E-state index < -0.39 is 0 Å². The lowest BCUT2D eigenvalue weighted by Crippen LogP contribution is -2.16. The van der Waals surface area contributed by atoms with Gasteiger partial charge in [-0.2, -0.15) is 0 Å². The fourth-order valence-corrected chi connectivity index (χ4v) is 2.12. The lowest BCUT2D eigenvalue weighted by Gasteiger charge is -2.16. The fraction of sp³-hybridized carbons (Fsp3) is 0.368. The molecule has 1 unspecified atom stereocenters. The molecule has 0 aliphatic rings. The second-order valence-corrected chi connectivity index (χ2v) is 5.36. The van der Waals surface area contributed by atoms with E-state index in [1.807, 2.05) is 49.4 Å². The van der Waals surface area contributed by atoms with Gasteiger partial charge in [-0.05, 0) is 42.5 Å². The van der Waals surface area contributed by atoms with Gasteiger partial charge >= 0.3 is 0 Å². The fourth-order valence-electron chi connectivity index (χ4n) is 2.12. The second-order valence-electron chi connectivity index (χ2n) is 5.36. The molecule has 0 fully saturated rings. The molecule has 0 aliphatic heterocycles. The smallest absolute Gasteiger partial charge is 0.197 e. The van der Waals surface area contributed by atoms with Gasteiger partial charge in [-0.1, -0.05) is 56.3 Å². The van der Waals surface area contributed by atoms with Crippen LogP contribution in [0, 0.1) is 0 Å². The first-order chi connectivity index (χ1) is 10.2. The van der Waals surface area contributed by atoms with Crippen molar-refractivity contribution in [3.63, 3.8) is 0 Å². The molecule has 0 N–H and O–H groups in total. The Kier molecular flexibility index (Phi) is 5.82. The first-order valence-corrected chi connectivity index (χ1v) is 7.61. The molecule has 2 heteroatoms. The van der Waals surface area contributed by atoms with Crippen LogP contribution in [0.2, 0.25) is 0 Å². The molecule has 0 heterocycles. The van der Waals surface area contributed by atoms with E-state index in [1.54, 1.807) is 0 Å². The maximum atomic E-state index is 5.78. The van der Waals surface area contributed by atoms with Crippen LogP contribution >= 0.6 is 0 Å². The number of benzene rings is 2. The van der Waals surface area contributed by atoms with Crippen molar-refractivity contribution >= 4 is 0 Å². The van der Waals surface area contributed by atoms with Crippen molar-refractivity contribution in [1.82, 2.24) is 0 Å². The van der Waals surface area contributed by atoms with Crippen LogP contribution < -0.4 is 4.74 Å². The molecule has 112 valence electrons. The standard InChI is InChI=1S/C19H24O2/c1-4-15(2)18-10-12-19(13-11-18)21-16(3)20-14-17-8-6-5-7-9-17/h5-13,15-16H,4,14H2,1-3H3/t15-,16?/m0/s1. The van der Waals surface area contributed by atoms with Crippen LogP contribution in [0.5, 0.6) is 5.75 Å². The Morgan fingerprint density at radius 2 is 1.57 bits per heavy atom. The maximum absolute atomic E-state index is 5.78. The molecule has 0 saturated heterocycles. The van der Waals surface area contributed by atoms with E-state index in [2.05, 4.69) is 26.0 Å². The van der Waals surface area contributed by atoms with Gasteiger partial charge in [0, 0.05) is 0 Å². The Labute approximate surface area is 127 Å². The first kappa shape index (κ1) is 15.6. The molecule has 0 amide bonds. The Morgan fingerprint density at radius 1 is 0.905 bits per heavy atom. The third kappa shape index (κ3) is 4.91. The summed E-state index contributed by atoms with van der Waals surface area (Å²) < 4.78 is 11.5. The Morgan fingerprint density at radius 3 is 2.19 bits per heavy atom. The highest BCUT2D eigenvalue weighted by Crippen LogP contribution is 2.22. The van der Waals surface area contributed by atoms with Gasteiger partial charge in [0.25, 0.3) is 0 Å². The van der Waals surface area contributed by atoms with Gasteiger partial charge in [0.2, 0.25) is 0 Å². The topological polar surface area (TPSA) is 18.5 Å². The summed E-state index contributed by atoms with van der Waals surface area (Å²) in [5.74, 6) is 1.44. The molecule has 0 aliphatic carbocycles. The molecule has 2 rings (SSSR count). The van der Waals surface area contributed by atoms with Crippen molar-refractivity contribution < 1.29 is 9.47 Å². The average Bonchev–Trinajstić information content (AvgIpc) is 2.54. The molecule has 2 aromatic rings. The van der Waals surface area contributed by atoms with E-state index >= 15 is 0 Å². The Balaban J connectivity index is 1.83. The molecular weight excluding hydrogens is 260 g/mol. The normalized spacial score (nSPS) is 13.7. The third-order valence-corrected chi connectivity index (χ3v) is 3.69. The minimum absolute atomic E-state index is 0.264. The second kappa shape index (κ2) is 7.84. The van der Waals surface area contributed by atoms with Crippen LogP contribution in [0.25, 0.3) is 0 Å². The van der Waals surface area contributed by atoms with Gasteiger partial charge in [-0.25, -0.2) is 0 Å². The van der Waals surface area contributed by atoms with Gasteiger partial charge in [0.1, 0.15) is 5.75 Å². The lowest BCUT2D eigenvalue weighted by atomic mass is 9.99. The summed E-state index contributed by atoms with van der Waals surface area (Å²) in [5, 5.41) is 0. The predicted molar refractivity (Wildman–Crippen MR) is 86.5 cm³/mol. The molecular formula is C19H24O2. The number of rotatable bonds is 7. The quantitative estimate of drug-likeness (QED) is 0.655. The van der Waals surface area contributed by atoms with Crippen molar-refractivity contribution in [2.24, 2.45) is 0 Å². The Bertz CT molecular complexity index is 519. The van der Waals surface area contributed by atoms with E-state index in [0.717, 1.165) is 17.7 Å². The van der Waals surface area contributed by atoms with Gasteiger partial charge < -0.3 is 9.47 Å². The van der Waals surface area contributed by atoms with Gasteiger partial charge in [0.05, 0.1) is 6.61 Å². The summed E-state index contributed by atoms with van der Waals surface area (Å²) in [6, 6.07) is 18.4. The number of hydrogen-bond acceptors (Lipinski definition) is 2. The van der Waals surface area contributed by atoms with Gasteiger partial charge in [-0.3, -0.25) is 0 Å². The molecule has 0 aromatic heterocycles. The summed E-state index contributed by atoms with van der Waals surface area (Å²) >= 11 is 0. The highest BCUT2D eigenvalue weighted by atomic mass is 16.7. The number of ether oxygens (including phenoxy) is 2. The third-order valence-electron chi connectivity index (χ3n) is 3.69. The van der Waals surface area contributed by atoms with Crippen LogP contribution in [-0.4, -0.2) is 6.29 Å².